The lowest BCUT2D eigenvalue weighted by molar-refractivity contribution is -0.384. The summed E-state index contributed by atoms with van der Waals surface area (Å²) in [7, 11) is 1.71. The second kappa shape index (κ2) is 13.0. The standard InChI is InChI=1S/C18H26N4O4.C5H12O/c1-3-21(4-2)18(24)15-5-6-16(17(11-15)22(25)26)19-12-14-7-9-20(13-23)10-8-14;1-5(2,3)6-4/h5-6,11,13-14,19H,3-4,7-10,12H2,1-2H3;1-4H3. The van der Waals surface area contributed by atoms with Crippen molar-refractivity contribution in [3.05, 3.63) is 33.9 Å². The van der Waals surface area contributed by atoms with E-state index in [1.54, 1.807) is 29.0 Å². The second-order valence-electron chi connectivity index (χ2n) is 8.75. The van der Waals surface area contributed by atoms with Crippen LogP contribution in [0.2, 0.25) is 0 Å². The Morgan fingerprint density at radius 1 is 1.28 bits per heavy atom. The van der Waals surface area contributed by atoms with Crippen LogP contribution in [0.4, 0.5) is 11.4 Å². The Hall–Kier alpha value is -2.68. The Morgan fingerprint density at radius 2 is 1.84 bits per heavy atom. The zero-order valence-electron chi connectivity index (χ0n) is 20.2. The Balaban J connectivity index is 0.000000751. The van der Waals surface area contributed by atoms with Crippen LogP contribution >= 0.6 is 0 Å². The third-order valence-corrected chi connectivity index (χ3v) is 5.48. The molecule has 1 fully saturated rings. The molecule has 0 aliphatic carbocycles. The van der Waals surface area contributed by atoms with Gasteiger partial charge in [-0.15, -0.1) is 0 Å². The minimum atomic E-state index is -0.462. The molecule has 1 saturated heterocycles. The largest absolute Gasteiger partial charge is 0.379 e. The molecular weight excluding hydrogens is 412 g/mol. The number of hydrogen-bond acceptors (Lipinski definition) is 6. The zero-order chi connectivity index (χ0) is 24.3. The first kappa shape index (κ1) is 27.4. The number of nitro benzene ring substituents is 1. The first-order valence-electron chi connectivity index (χ1n) is 11.1. The van der Waals surface area contributed by atoms with E-state index in [2.05, 4.69) is 5.32 Å². The van der Waals surface area contributed by atoms with E-state index in [0.29, 0.717) is 36.8 Å². The van der Waals surface area contributed by atoms with Gasteiger partial charge in [-0.05, 0) is 65.5 Å². The van der Waals surface area contributed by atoms with Crippen molar-refractivity contribution in [1.82, 2.24) is 9.80 Å². The van der Waals surface area contributed by atoms with Gasteiger partial charge in [0.25, 0.3) is 11.6 Å². The van der Waals surface area contributed by atoms with Gasteiger partial charge in [-0.3, -0.25) is 19.7 Å². The number of hydrogen-bond donors (Lipinski definition) is 1. The van der Waals surface area contributed by atoms with E-state index in [4.69, 9.17) is 4.74 Å². The maximum absolute atomic E-state index is 12.4. The second-order valence-corrected chi connectivity index (χ2v) is 8.75. The van der Waals surface area contributed by atoms with Crippen molar-refractivity contribution in [3.63, 3.8) is 0 Å². The van der Waals surface area contributed by atoms with Crippen LogP contribution < -0.4 is 5.32 Å². The molecule has 0 unspecified atom stereocenters. The lowest BCUT2D eigenvalue weighted by atomic mass is 9.97. The highest BCUT2D eigenvalue weighted by Crippen LogP contribution is 2.27. The molecule has 9 heteroatoms. The van der Waals surface area contributed by atoms with Gasteiger partial charge in [0.05, 0.1) is 10.5 Å². The molecule has 9 nitrogen and oxygen atoms in total. The summed E-state index contributed by atoms with van der Waals surface area (Å²) in [5, 5.41) is 14.6. The lowest BCUT2D eigenvalue weighted by Crippen LogP contribution is -2.34. The van der Waals surface area contributed by atoms with Gasteiger partial charge in [0.2, 0.25) is 6.41 Å². The van der Waals surface area contributed by atoms with Gasteiger partial charge in [0.1, 0.15) is 5.69 Å². The molecule has 1 N–H and O–H groups in total. The third-order valence-electron chi connectivity index (χ3n) is 5.48. The monoisotopic (exact) mass is 450 g/mol. The number of carbonyl (C=O) groups is 2. The van der Waals surface area contributed by atoms with Gasteiger partial charge in [-0.1, -0.05) is 0 Å². The normalized spacial score (nSPS) is 14.2. The molecule has 180 valence electrons. The lowest BCUT2D eigenvalue weighted by Gasteiger charge is -2.29. The summed E-state index contributed by atoms with van der Waals surface area (Å²) in [6, 6.07) is 4.58. The van der Waals surface area contributed by atoms with Crippen LogP contribution in [0.3, 0.4) is 0 Å². The molecule has 0 bridgehead atoms. The molecule has 1 aromatic rings. The molecule has 2 amide bonds. The number of nitrogens with one attached hydrogen (secondary N) is 1. The van der Waals surface area contributed by atoms with Gasteiger partial charge in [0.15, 0.2) is 0 Å². The Kier molecular flexibility index (Phi) is 11.1. The number of methoxy groups -OCH3 is 1. The molecule has 0 atom stereocenters. The SMILES string of the molecule is CCN(CC)C(=O)c1ccc(NCC2CCN(C=O)CC2)c([N+](=O)[O-])c1.COC(C)(C)C. The minimum absolute atomic E-state index is 0.0417. The van der Waals surface area contributed by atoms with E-state index in [1.807, 2.05) is 34.6 Å². The molecule has 2 rings (SSSR count). The smallest absolute Gasteiger partial charge is 0.293 e. The van der Waals surface area contributed by atoms with Crippen LogP contribution in [-0.2, 0) is 9.53 Å². The van der Waals surface area contributed by atoms with Gasteiger partial charge in [-0.2, -0.15) is 0 Å². The minimum Gasteiger partial charge on any atom is -0.379 e. The Morgan fingerprint density at radius 3 is 2.28 bits per heavy atom. The van der Waals surface area contributed by atoms with Crippen molar-refractivity contribution in [2.24, 2.45) is 5.92 Å². The number of piperidine rings is 1. The molecular formula is C23H38N4O5. The molecule has 0 saturated carbocycles. The first-order chi connectivity index (χ1) is 15.1. The fraction of sp³-hybridized carbons (Fsp3) is 0.652. The molecule has 1 aromatic carbocycles. The van der Waals surface area contributed by atoms with Gasteiger partial charge >= 0.3 is 0 Å². The Labute approximate surface area is 191 Å². The molecule has 0 radical (unpaired) electrons. The summed E-state index contributed by atoms with van der Waals surface area (Å²) < 4.78 is 4.94. The van der Waals surface area contributed by atoms with E-state index in [0.717, 1.165) is 32.3 Å². The number of nitro groups is 1. The number of likely N-dealkylation sites (tertiary alicyclic amines) is 1. The van der Waals surface area contributed by atoms with Gasteiger partial charge in [-0.25, -0.2) is 0 Å². The number of nitrogens with zero attached hydrogens (tertiary/aromatic N) is 3. The van der Waals surface area contributed by atoms with Gasteiger partial charge < -0.3 is 19.9 Å². The molecule has 32 heavy (non-hydrogen) atoms. The van der Waals surface area contributed by atoms with Gasteiger partial charge in [0, 0.05) is 51.5 Å². The van der Waals surface area contributed by atoms with Crippen LogP contribution in [0.1, 0.15) is 57.8 Å². The number of amides is 2. The van der Waals surface area contributed by atoms with Crippen LogP contribution in [0.5, 0.6) is 0 Å². The third kappa shape index (κ3) is 8.82. The quantitative estimate of drug-likeness (QED) is 0.367. The summed E-state index contributed by atoms with van der Waals surface area (Å²) in [5.74, 6) is 0.161. The number of benzene rings is 1. The van der Waals surface area contributed by atoms with Crippen molar-refractivity contribution in [2.75, 3.05) is 45.2 Å². The molecule has 1 aliphatic rings. The zero-order valence-corrected chi connectivity index (χ0v) is 20.2. The van der Waals surface area contributed by atoms with Crippen molar-refractivity contribution in [2.45, 2.75) is 53.1 Å². The summed E-state index contributed by atoms with van der Waals surface area (Å²) in [5.41, 5.74) is 0.697. The summed E-state index contributed by atoms with van der Waals surface area (Å²) in [6.07, 6.45) is 2.61. The Bertz CT molecular complexity index is 751. The highest BCUT2D eigenvalue weighted by molar-refractivity contribution is 5.95. The molecule has 0 spiro atoms. The molecule has 1 heterocycles. The van der Waals surface area contributed by atoms with Crippen molar-refractivity contribution >= 4 is 23.7 Å². The van der Waals surface area contributed by atoms with Crippen LogP contribution in [0, 0.1) is 16.0 Å². The molecule has 0 aromatic heterocycles. The average Bonchev–Trinajstić information content (AvgIpc) is 2.78. The van der Waals surface area contributed by atoms with Crippen LogP contribution in [0.15, 0.2) is 18.2 Å². The van der Waals surface area contributed by atoms with Crippen molar-refractivity contribution < 1.29 is 19.2 Å². The van der Waals surface area contributed by atoms with E-state index < -0.39 is 4.92 Å². The predicted octanol–water partition coefficient (Wildman–Crippen LogP) is 3.79. The first-order valence-corrected chi connectivity index (χ1v) is 11.1. The fourth-order valence-electron chi connectivity index (χ4n) is 3.18. The highest BCUT2D eigenvalue weighted by atomic mass is 16.6. The number of rotatable bonds is 8. The highest BCUT2D eigenvalue weighted by Gasteiger charge is 2.22. The average molecular weight is 451 g/mol. The maximum Gasteiger partial charge on any atom is 0.293 e. The number of ether oxygens (including phenoxy) is 1. The van der Waals surface area contributed by atoms with Crippen LogP contribution in [-0.4, -0.2) is 72.5 Å². The fourth-order valence-corrected chi connectivity index (χ4v) is 3.18. The van der Waals surface area contributed by atoms with E-state index in [9.17, 15) is 19.7 Å². The van der Waals surface area contributed by atoms with E-state index in [-0.39, 0.29) is 17.2 Å². The van der Waals surface area contributed by atoms with Crippen LogP contribution in [0.25, 0.3) is 0 Å². The number of anilines is 1. The predicted molar refractivity (Wildman–Crippen MR) is 126 cm³/mol. The topological polar surface area (TPSA) is 105 Å². The summed E-state index contributed by atoms with van der Waals surface area (Å²) in [4.78, 5) is 37.5. The molecule has 1 aliphatic heterocycles. The van der Waals surface area contributed by atoms with E-state index in [1.165, 1.54) is 6.07 Å². The van der Waals surface area contributed by atoms with Crippen molar-refractivity contribution in [3.8, 4) is 0 Å². The van der Waals surface area contributed by atoms with Crippen molar-refractivity contribution in [1.29, 1.82) is 0 Å². The summed E-state index contributed by atoms with van der Waals surface area (Å²) >= 11 is 0. The van der Waals surface area contributed by atoms with E-state index >= 15 is 0 Å². The number of carbonyl (C=O) groups excluding carboxylic acids is 2. The summed E-state index contributed by atoms with van der Waals surface area (Å²) in [6.45, 7) is 13.0. The maximum atomic E-state index is 12.4.